The van der Waals surface area contributed by atoms with Crippen molar-refractivity contribution in [3.05, 3.63) is 23.9 Å². The van der Waals surface area contributed by atoms with Crippen molar-refractivity contribution in [1.29, 1.82) is 0 Å². The molecule has 1 N–H and O–H groups in total. The Labute approximate surface area is 97.1 Å². The number of nitrogens with zero attached hydrogens (tertiary/aromatic N) is 2. The summed E-state index contributed by atoms with van der Waals surface area (Å²) in [5.74, 6) is 1.07. The molecular formula is C13H20N2O. The van der Waals surface area contributed by atoms with E-state index in [9.17, 15) is 5.11 Å². The SMILES string of the molecule is C[C@@H](O)Cc1cccnc1N1CCCCC1. The maximum atomic E-state index is 9.48. The molecule has 1 aromatic rings. The molecule has 0 aromatic carbocycles. The molecule has 1 fully saturated rings. The van der Waals surface area contributed by atoms with Gasteiger partial charge >= 0.3 is 0 Å². The van der Waals surface area contributed by atoms with Crippen LogP contribution in [0.5, 0.6) is 0 Å². The molecule has 1 aliphatic heterocycles. The second-order valence-electron chi connectivity index (χ2n) is 4.59. The molecule has 2 heterocycles. The van der Waals surface area contributed by atoms with E-state index in [2.05, 4.69) is 16.0 Å². The molecule has 0 spiro atoms. The lowest BCUT2D eigenvalue weighted by Crippen LogP contribution is -2.31. The molecule has 16 heavy (non-hydrogen) atoms. The fourth-order valence-electron chi connectivity index (χ4n) is 2.30. The number of piperidine rings is 1. The zero-order valence-corrected chi connectivity index (χ0v) is 9.89. The molecule has 1 aliphatic rings. The molecular weight excluding hydrogens is 200 g/mol. The Balaban J connectivity index is 2.17. The Hall–Kier alpha value is -1.09. The molecule has 3 nitrogen and oxygen atoms in total. The first-order chi connectivity index (χ1) is 7.77. The number of anilines is 1. The molecule has 1 atom stereocenters. The number of aliphatic hydroxyl groups excluding tert-OH is 1. The second kappa shape index (κ2) is 5.30. The standard InChI is InChI=1S/C13H20N2O/c1-11(16)10-12-6-5-7-14-13(12)15-8-3-2-4-9-15/h5-7,11,16H,2-4,8-10H2,1H3/t11-/m1/s1. The third-order valence-corrected chi connectivity index (χ3v) is 3.04. The number of aliphatic hydroxyl groups is 1. The summed E-state index contributed by atoms with van der Waals surface area (Å²) in [6.07, 6.45) is 6.08. The van der Waals surface area contributed by atoms with Gasteiger partial charge in [0.2, 0.25) is 0 Å². The predicted octanol–water partition coefficient (Wildman–Crippen LogP) is 2.00. The van der Waals surface area contributed by atoms with E-state index in [1.54, 1.807) is 0 Å². The number of aromatic nitrogens is 1. The minimum Gasteiger partial charge on any atom is -0.393 e. The van der Waals surface area contributed by atoms with Crippen LogP contribution in [0.25, 0.3) is 0 Å². The highest BCUT2D eigenvalue weighted by Crippen LogP contribution is 2.22. The lowest BCUT2D eigenvalue weighted by atomic mass is 10.1. The fraction of sp³-hybridized carbons (Fsp3) is 0.615. The average molecular weight is 220 g/mol. The van der Waals surface area contributed by atoms with Crippen LogP contribution >= 0.6 is 0 Å². The minimum atomic E-state index is -0.298. The van der Waals surface area contributed by atoms with Gasteiger partial charge in [0.15, 0.2) is 0 Å². The first kappa shape index (κ1) is 11.4. The first-order valence-electron chi connectivity index (χ1n) is 6.14. The highest BCUT2D eigenvalue weighted by Gasteiger charge is 2.15. The molecule has 0 amide bonds. The number of hydrogen-bond donors (Lipinski definition) is 1. The largest absolute Gasteiger partial charge is 0.393 e. The summed E-state index contributed by atoms with van der Waals surface area (Å²) in [5, 5.41) is 9.48. The van der Waals surface area contributed by atoms with Gasteiger partial charge in [0.1, 0.15) is 5.82 Å². The summed E-state index contributed by atoms with van der Waals surface area (Å²) >= 11 is 0. The summed E-state index contributed by atoms with van der Waals surface area (Å²) in [5.41, 5.74) is 1.17. The Morgan fingerprint density at radius 3 is 2.81 bits per heavy atom. The van der Waals surface area contributed by atoms with Crippen molar-refractivity contribution < 1.29 is 5.11 Å². The zero-order valence-electron chi connectivity index (χ0n) is 9.89. The van der Waals surface area contributed by atoms with Gasteiger partial charge < -0.3 is 10.0 Å². The fourth-order valence-corrected chi connectivity index (χ4v) is 2.30. The normalized spacial score (nSPS) is 18.5. The monoisotopic (exact) mass is 220 g/mol. The lowest BCUT2D eigenvalue weighted by Gasteiger charge is -2.29. The van der Waals surface area contributed by atoms with Gasteiger partial charge in [-0.2, -0.15) is 0 Å². The summed E-state index contributed by atoms with van der Waals surface area (Å²) in [4.78, 5) is 6.82. The lowest BCUT2D eigenvalue weighted by molar-refractivity contribution is 0.195. The quantitative estimate of drug-likeness (QED) is 0.846. The van der Waals surface area contributed by atoms with Crippen LogP contribution in [0.1, 0.15) is 31.7 Å². The highest BCUT2D eigenvalue weighted by molar-refractivity contribution is 5.47. The molecule has 88 valence electrons. The molecule has 0 unspecified atom stereocenters. The Kier molecular flexibility index (Phi) is 3.78. The van der Waals surface area contributed by atoms with Crippen LogP contribution < -0.4 is 4.90 Å². The molecule has 0 aliphatic carbocycles. The van der Waals surface area contributed by atoms with E-state index in [0.717, 1.165) is 18.9 Å². The first-order valence-corrected chi connectivity index (χ1v) is 6.14. The van der Waals surface area contributed by atoms with Crippen LogP contribution in [-0.2, 0) is 6.42 Å². The van der Waals surface area contributed by atoms with Crippen molar-refractivity contribution in [3.63, 3.8) is 0 Å². The molecule has 3 heteroatoms. The summed E-state index contributed by atoms with van der Waals surface area (Å²) in [6, 6.07) is 4.02. The van der Waals surface area contributed by atoms with Crippen molar-refractivity contribution in [1.82, 2.24) is 4.98 Å². The maximum absolute atomic E-state index is 9.48. The van der Waals surface area contributed by atoms with E-state index >= 15 is 0 Å². The average Bonchev–Trinajstić information content (AvgIpc) is 2.30. The van der Waals surface area contributed by atoms with E-state index in [0.29, 0.717) is 6.42 Å². The van der Waals surface area contributed by atoms with E-state index in [-0.39, 0.29) is 6.10 Å². The van der Waals surface area contributed by atoms with Crippen molar-refractivity contribution in [3.8, 4) is 0 Å². The third kappa shape index (κ3) is 2.73. The van der Waals surface area contributed by atoms with Crippen LogP contribution in [-0.4, -0.2) is 29.3 Å². The Bertz CT molecular complexity index is 332. The van der Waals surface area contributed by atoms with E-state index in [1.165, 1.54) is 24.8 Å². The third-order valence-electron chi connectivity index (χ3n) is 3.04. The number of pyridine rings is 1. The van der Waals surface area contributed by atoms with Gasteiger partial charge in [-0.1, -0.05) is 6.07 Å². The van der Waals surface area contributed by atoms with Gasteiger partial charge in [-0.05, 0) is 37.8 Å². The molecule has 0 radical (unpaired) electrons. The zero-order chi connectivity index (χ0) is 11.4. The van der Waals surface area contributed by atoms with Crippen LogP contribution in [0.15, 0.2) is 18.3 Å². The maximum Gasteiger partial charge on any atom is 0.131 e. The van der Waals surface area contributed by atoms with E-state index < -0.39 is 0 Å². The predicted molar refractivity (Wildman–Crippen MR) is 65.7 cm³/mol. The summed E-state index contributed by atoms with van der Waals surface area (Å²) in [7, 11) is 0. The van der Waals surface area contributed by atoms with Crippen molar-refractivity contribution in [2.75, 3.05) is 18.0 Å². The second-order valence-corrected chi connectivity index (χ2v) is 4.59. The van der Waals surface area contributed by atoms with Gasteiger partial charge in [-0.3, -0.25) is 0 Å². The Morgan fingerprint density at radius 2 is 2.12 bits per heavy atom. The minimum absolute atomic E-state index is 0.298. The molecule has 2 rings (SSSR count). The molecule has 0 saturated carbocycles. The van der Waals surface area contributed by atoms with Gasteiger partial charge in [0.05, 0.1) is 6.10 Å². The van der Waals surface area contributed by atoms with Gasteiger partial charge in [0.25, 0.3) is 0 Å². The van der Waals surface area contributed by atoms with Crippen LogP contribution in [0.2, 0.25) is 0 Å². The van der Waals surface area contributed by atoms with Crippen LogP contribution in [0, 0.1) is 0 Å². The van der Waals surface area contributed by atoms with Gasteiger partial charge in [-0.15, -0.1) is 0 Å². The van der Waals surface area contributed by atoms with Gasteiger partial charge in [0, 0.05) is 25.7 Å². The van der Waals surface area contributed by atoms with E-state index in [4.69, 9.17) is 0 Å². The topological polar surface area (TPSA) is 36.4 Å². The molecule has 1 saturated heterocycles. The smallest absolute Gasteiger partial charge is 0.131 e. The van der Waals surface area contributed by atoms with Crippen molar-refractivity contribution >= 4 is 5.82 Å². The number of hydrogen-bond acceptors (Lipinski definition) is 3. The Morgan fingerprint density at radius 1 is 1.38 bits per heavy atom. The van der Waals surface area contributed by atoms with Crippen LogP contribution in [0.4, 0.5) is 5.82 Å². The highest BCUT2D eigenvalue weighted by atomic mass is 16.3. The molecule has 1 aromatic heterocycles. The van der Waals surface area contributed by atoms with Crippen LogP contribution in [0.3, 0.4) is 0 Å². The van der Waals surface area contributed by atoms with Crippen molar-refractivity contribution in [2.24, 2.45) is 0 Å². The van der Waals surface area contributed by atoms with Crippen molar-refractivity contribution in [2.45, 2.75) is 38.7 Å². The molecule has 0 bridgehead atoms. The summed E-state index contributed by atoms with van der Waals surface area (Å²) < 4.78 is 0. The summed E-state index contributed by atoms with van der Waals surface area (Å²) in [6.45, 7) is 4.03. The number of rotatable bonds is 3. The van der Waals surface area contributed by atoms with E-state index in [1.807, 2.05) is 19.2 Å². The van der Waals surface area contributed by atoms with Gasteiger partial charge in [-0.25, -0.2) is 4.98 Å².